The van der Waals surface area contributed by atoms with Gasteiger partial charge in [0.25, 0.3) is 0 Å². The van der Waals surface area contributed by atoms with Gasteiger partial charge in [0.1, 0.15) is 6.54 Å². The van der Waals surface area contributed by atoms with E-state index >= 15 is 0 Å². The van der Waals surface area contributed by atoms with Crippen molar-refractivity contribution in [3.8, 4) is 0 Å². The molecule has 1 aromatic carbocycles. The molecule has 0 spiro atoms. The Morgan fingerprint density at radius 3 is 2.33 bits per heavy atom. The van der Waals surface area contributed by atoms with Crippen molar-refractivity contribution in [2.45, 2.75) is 4.90 Å². The fourth-order valence-electron chi connectivity index (χ4n) is 0.854. The number of hydrogen-bond donors (Lipinski definition) is 2. The Morgan fingerprint density at radius 1 is 1.33 bits per heavy atom. The predicted molar refractivity (Wildman–Crippen MR) is 57.0 cm³/mol. The molecule has 1 rings (SSSR count). The first kappa shape index (κ1) is 12.2. The zero-order valence-electron chi connectivity index (χ0n) is 7.47. The van der Waals surface area contributed by atoms with Crippen LogP contribution in [0.5, 0.6) is 0 Å². The van der Waals surface area contributed by atoms with Crippen molar-refractivity contribution >= 4 is 31.9 Å². The minimum Gasteiger partial charge on any atom is -0.480 e. The second-order valence-electron chi connectivity index (χ2n) is 2.67. The summed E-state index contributed by atoms with van der Waals surface area (Å²) in [5.41, 5.74) is 0. The quantitative estimate of drug-likeness (QED) is 0.861. The van der Waals surface area contributed by atoms with Crippen molar-refractivity contribution in [1.82, 2.24) is 4.72 Å². The van der Waals surface area contributed by atoms with Crippen LogP contribution in [0.1, 0.15) is 0 Å². The van der Waals surface area contributed by atoms with E-state index in [1.165, 1.54) is 12.1 Å². The molecule has 0 aliphatic heterocycles. The van der Waals surface area contributed by atoms with E-state index in [2.05, 4.69) is 15.9 Å². The summed E-state index contributed by atoms with van der Waals surface area (Å²) in [6.07, 6.45) is 0. The highest BCUT2D eigenvalue weighted by molar-refractivity contribution is 9.10. The van der Waals surface area contributed by atoms with Gasteiger partial charge in [-0.25, -0.2) is 8.42 Å². The average Bonchev–Trinajstić information content (AvgIpc) is 2.16. The maximum absolute atomic E-state index is 11.5. The zero-order chi connectivity index (χ0) is 11.5. The summed E-state index contributed by atoms with van der Waals surface area (Å²) in [6, 6.07) is 5.90. The first-order chi connectivity index (χ1) is 6.92. The summed E-state index contributed by atoms with van der Waals surface area (Å²) in [5.74, 6) is -1.23. The van der Waals surface area contributed by atoms with E-state index in [-0.39, 0.29) is 4.90 Å². The van der Waals surface area contributed by atoms with Crippen LogP contribution in [-0.2, 0) is 14.8 Å². The van der Waals surface area contributed by atoms with Crippen LogP contribution in [-0.4, -0.2) is 26.0 Å². The smallest absolute Gasteiger partial charge is 0.318 e. The molecule has 82 valence electrons. The molecule has 0 aliphatic carbocycles. The summed E-state index contributed by atoms with van der Waals surface area (Å²) in [7, 11) is -3.72. The standard InChI is InChI=1S/C8H8BrNO4S/c9-6-1-3-7(4-2-6)15(13,14)10-5-8(11)12/h1-4,10H,5H2,(H,11,12). The summed E-state index contributed by atoms with van der Waals surface area (Å²) in [5, 5.41) is 8.33. The van der Waals surface area contributed by atoms with E-state index in [4.69, 9.17) is 5.11 Å². The van der Waals surface area contributed by atoms with Crippen LogP contribution in [0, 0.1) is 0 Å². The van der Waals surface area contributed by atoms with E-state index in [1.807, 2.05) is 4.72 Å². The van der Waals surface area contributed by atoms with Crippen LogP contribution >= 0.6 is 15.9 Å². The number of aliphatic carboxylic acids is 1. The Hall–Kier alpha value is -0.920. The molecule has 7 heteroatoms. The Labute approximate surface area is 95.3 Å². The molecule has 0 unspecified atom stereocenters. The fraction of sp³-hybridized carbons (Fsp3) is 0.125. The summed E-state index contributed by atoms with van der Waals surface area (Å²) < 4.78 is 25.6. The Morgan fingerprint density at radius 2 is 1.87 bits per heavy atom. The van der Waals surface area contributed by atoms with Gasteiger partial charge in [-0.05, 0) is 24.3 Å². The number of rotatable bonds is 4. The Balaban J connectivity index is 2.87. The van der Waals surface area contributed by atoms with Crippen LogP contribution in [0.3, 0.4) is 0 Å². The number of carboxylic acids is 1. The molecule has 15 heavy (non-hydrogen) atoms. The molecule has 0 atom stereocenters. The van der Waals surface area contributed by atoms with Crippen LogP contribution in [0.25, 0.3) is 0 Å². The van der Waals surface area contributed by atoms with Gasteiger partial charge in [-0.15, -0.1) is 0 Å². The molecular formula is C8H8BrNO4S. The SMILES string of the molecule is O=C(O)CNS(=O)(=O)c1ccc(Br)cc1. The highest BCUT2D eigenvalue weighted by Crippen LogP contribution is 2.14. The summed E-state index contributed by atoms with van der Waals surface area (Å²) in [4.78, 5) is 10.2. The van der Waals surface area contributed by atoms with Gasteiger partial charge in [-0.3, -0.25) is 4.79 Å². The molecular weight excluding hydrogens is 286 g/mol. The van der Waals surface area contributed by atoms with Crippen molar-refractivity contribution < 1.29 is 18.3 Å². The largest absolute Gasteiger partial charge is 0.480 e. The average molecular weight is 294 g/mol. The molecule has 0 fully saturated rings. The van der Waals surface area contributed by atoms with E-state index in [1.54, 1.807) is 12.1 Å². The van der Waals surface area contributed by atoms with Crippen molar-refractivity contribution in [3.63, 3.8) is 0 Å². The first-order valence-electron chi connectivity index (χ1n) is 3.89. The maximum atomic E-state index is 11.5. The molecule has 0 bridgehead atoms. The second kappa shape index (κ2) is 4.73. The van der Waals surface area contributed by atoms with Gasteiger partial charge in [0.15, 0.2) is 0 Å². The maximum Gasteiger partial charge on any atom is 0.318 e. The topological polar surface area (TPSA) is 83.5 Å². The molecule has 5 nitrogen and oxygen atoms in total. The van der Waals surface area contributed by atoms with Crippen molar-refractivity contribution in [3.05, 3.63) is 28.7 Å². The molecule has 2 N–H and O–H groups in total. The van der Waals surface area contributed by atoms with E-state index in [9.17, 15) is 13.2 Å². The molecule has 0 aliphatic rings. The molecule has 0 amide bonds. The van der Waals surface area contributed by atoms with Crippen LogP contribution in [0.4, 0.5) is 0 Å². The van der Waals surface area contributed by atoms with E-state index in [0.29, 0.717) is 0 Å². The number of sulfonamides is 1. The van der Waals surface area contributed by atoms with Gasteiger partial charge in [-0.2, -0.15) is 4.72 Å². The Bertz CT molecular complexity index is 454. The van der Waals surface area contributed by atoms with Crippen LogP contribution < -0.4 is 4.72 Å². The number of hydrogen-bond acceptors (Lipinski definition) is 3. The second-order valence-corrected chi connectivity index (χ2v) is 5.35. The molecule has 0 radical (unpaired) electrons. The third-order valence-electron chi connectivity index (χ3n) is 1.54. The summed E-state index contributed by atoms with van der Waals surface area (Å²) in [6.45, 7) is -0.627. The lowest BCUT2D eigenvalue weighted by Crippen LogP contribution is -2.29. The van der Waals surface area contributed by atoms with Crippen molar-refractivity contribution in [2.24, 2.45) is 0 Å². The number of carboxylic acid groups (broad SMARTS) is 1. The third kappa shape index (κ3) is 3.61. The summed E-state index contributed by atoms with van der Waals surface area (Å²) >= 11 is 3.17. The minimum atomic E-state index is -3.72. The zero-order valence-corrected chi connectivity index (χ0v) is 9.88. The van der Waals surface area contributed by atoms with E-state index in [0.717, 1.165) is 4.47 Å². The number of halogens is 1. The molecule has 0 heterocycles. The minimum absolute atomic E-state index is 0.0342. The highest BCUT2D eigenvalue weighted by atomic mass is 79.9. The van der Waals surface area contributed by atoms with Crippen LogP contribution in [0.2, 0.25) is 0 Å². The third-order valence-corrected chi connectivity index (χ3v) is 3.48. The monoisotopic (exact) mass is 293 g/mol. The van der Waals surface area contributed by atoms with Gasteiger partial charge in [0.2, 0.25) is 10.0 Å². The number of nitrogens with one attached hydrogen (secondary N) is 1. The highest BCUT2D eigenvalue weighted by Gasteiger charge is 2.14. The van der Waals surface area contributed by atoms with Crippen molar-refractivity contribution in [1.29, 1.82) is 0 Å². The molecule has 0 saturated carbocycles. The van der Waals surface area contributed by atoms with Gasteiger partial charge >= 0.3 is 5.97 Å². The normalized spacial score (nSPS) is 11.3. The van der Waals surface area contributed by atoms with E-state index < -0.39 is 22.5 Å². The molecule has 1 aromatic rings. The number of carbonyl (C=O) groups is 1. The van der Waals surface area contributed by atoms with Gasteiger partial charge in [0.05, 0.1) is 4.90 Å². The van der Waals surface area contributed by atoms with Crippen LogP contribution in [0.15, 0.2) is 33.6 Å². The number of benzene rings is 1. The lowest BCUT2D eigenvalue weighted by atomic mass is 10.4. The first-order valence-corrected chi connectivity index (χ1v) is 6.16. The predicted octanol–water partition coefficient (Wildman–Crippen LogP) is 0.812. The molecule has 0 saturated heterocycles. The van der Waals surface area contributed by atoms with Crippen molar-refractivity contribution in [2.75, 3.05) is 6.54 Å². The van der Waals surface area contributed by atoms with Gasteiger partial charge in [0, 0.05) is 4.47 Å². The Kier molecular flexibility index (Phi) is 3.83. The lowest BCUT2D eigenvalue weighted by molar-refractivity contribution is -0.135. The molecule has 0 aromatic heterocycles. The fourth-order valence-corrected chi connectivity index (χ4v) is 2.09. The van der Waals surface area contributed by atoms with Gasteiger partial charge < -0.3 is 5.11 Å². The van der Waals surface area contributed by atoms with Gasteiger partial charge in [-0.1, -0.05) is 15.9 Å². The lowest BCUT2D eigenvalue weighted by Gasteiger charge is -2.03.